The average molecular weight is 942 g/mol. The molecule has 0 saturated heterocycles. The Balaban J connectivity index is 0.916. The summed E-state index contributed by atoms with van der Waals surface area (Å²) in [6.07, 6.45) is 6.00. The van der Waals surface area contributed by atoms with Crippen LogP contribution >= 0.6 is 0 Å². The Morgan fingerprint density at radius 2 is 0.486 bits per heavy atom. The normalized spacial score (nSPS) is 10.9. The van der Waals surface area contributed by atoms with Crippen molar-refractivity contribution in [1.29, 1.82) is 0 Å². The van der Waals surface area contributed by atoms with Crippen LogP contribution in [-0.2, 0) is 0 Å². The highest BCUT2D eigenvalue weighted by Gasteiger charge is 2.17. The Labute approximate surface area is 432 Å². The van der Waals surface area contributed by atoms with Gasteiger partial charge in [0, 0.05) is 63.1 Å². The lowest BCUT2D eigenvalue weighted by Crippen LogP contribution is -1.93. The van der Waals surface area contributed by atoms with E-state index in [2.05, 4.69) is 236 Å². The summed E-state index contributed by atoms with van der Waals surface area (Å²) in [4.78, 5) is 15.0. The molecular formula is C71H47N3. The van der Waals surface area contributed by atoms with Gasteiger partial charge in [0.2, 0.25) is 0 Å². The summed E-state index contributed by atoms with van der Waals surface area (Å²) in [7, 11) is 0. The second-order valence-corrected chi connectivity index (χ2v) is 18.2. The molecule has 0 atom stereocenters. The minimum atomic E-state index is 0.911. The van der Waals surface area contributed by atoms with Crippen molar-refractivity contribution in [2.45, 2.75) is 0 Å². The third kappa shape index (κ3) is 9.72. The van der Waals surface area contributed by atoms with Gasteiger partial charge in [-0.3, -0.25) is 15.0 Å². The zero-order valence-corrected chi connectivity index (χ0v) is 40.5. The molecule has 0 unspecified atom stereocenters. The highest BCUT2D eigenvalue weighted by atomic mass is 14.7. The molecule has 3 aromatic heterocycles. The van der Waals surface area contributed by atoms with Crippen molar-refractivity contribution in [1.82, 2.24) is 15.0 Å². The van der Waals surface area contributed by atoms with Gasteiger partial charge in [0.1, 0.15) is 0 Å². The average Bonchev–Trinajstić information content (AvgIpc) is 3.49. The van der Waals surface area contributed by atoms with Crippen molar-refractivity contribution in [3.8, 4) is 124 Å². The molecular weight excluding hydrogens is 895 g/mol. The van der Waals surface area contributed by atoms with Crippen LogP contribution in [0.3, 0.4) is 0 Å². The fourth-order valence-electron chi connectivity index (χ4n) is 9.71. The molecule has 346 valence electrons. The second-order valence-electron chi connectivity index (χ2n) is 18.2. The summed E-state index contributed by atoms with van der Waals surface area (Å²) in [5.41, 5.74) is 23.4. The molecule has 9 aromatic carbocycles. The molecule has 0 N–H and O–H groups in total. The molecule has 0 fully saturated rings. The number of rotatable bonds is 10. The molecule has 74 heavy (non-hydrogen) atoms. The van der Waals surface area contributed by atoms with Crippen LogP contribution in [0.25, 0.3) is 112 Å². The first kappa shape index (κ1) is 45.1. The standard InChI is InChI=1S/C71H47N3/c1-4-17-50(18-5-1)31-32-51-33-35-52(36-34-51)55-23-16-24-56(43-55)71-42-39-59(49-74-71)65-27-12-15-30-68(65)62-45-60(66-28-13-10-25-63(66)57-37-40-69(72-47-57)53-19-6-2-7-20-53)44-61(46-62)67-29-14-11-26-64(67)58-38-41-70(73-48-58)54-21-8-3-9-22-54/h1-30,33-49H. The van der Waals surface area contributed by atoms with E-state index in [1.165, 1.54) is 0 Å². The molecule has 0 amide bonds. The van der Waals surface area contributed by atoms with Crippen LogP contribution in [0.5, 0.6) is 0 Å². The Morgan fingerprint density at radius 1 is 0.189 bits per heavy atom. The van der Waals surface area contributed by atoms with Gasteiger partial charge >= 0.3 is 0 Å². The van der Waals surface area contributed by atoms with E-state index in [-0.39, 0.29) is 0 Å². The molecule has 0 aliphatic heterocycles. The summed E-state index contributed by atoms with van der Waals surface area (Å²) < 4.78 is 0. The van der Waals surface area contributed by atoms with Gasteiger partial charge in [0.15, 0.2) is 0 Å². The predicted molar refractivity (Wildman–Crippen MR) is 307 cm³/mol. The molecule has 3 nitrogen and oxygen atoms in total. The summed E-state index contributed by atoms with van der Waals surface area (Å²) >= 11 is 0. The largest absolute Gasteiger partial charge is 0.256 e. The first-order valence-corrected chi connectivity index (χ1v) is 24.9. The Kier molecular flexibility index (Phi) is 12.7. The molecule has 0 saturated carbocycles. The van der Waals surface area contributed by atoms with E-state index in [4.69, 9.17) is 15.0 Å². The van der Waals surface area contributed by atoms with Gasteiger partial charge in [-0.1, -0.05) is 212 Å². The van der Waals surface area contributed by atoms with Gasteiger partial charge in [-0.05, 0) is 128 Å². The van der Waals surface area contributed by atoms with Gasteiger partial charge in [-0.25, -0.2) is 0 Å². The quantitative estimate of drug-likeness (QED) is 0.128. The molecule has 0 aliphatic carbocycles. The van der Waals surface area contributed by atoms with Gasteiger partial charge in [0.05, 0.1) is 17.1 Å². The second kappa shape index (κ2) is 20.8. The van der Waals surface area contributed by atoms with E-state index in [1.807, 2.05) is 61.1 Å². The summed E-state index contributed by atoms with van der Waals surface area (Å²) in [5.74, 6) is 6.56. The van der Waals surface area contributed by atoms with Crippen molar-refractivity contribution >= 4 is 0 Å². The van der Waals surface area contributed by atoms with E-state index in [0.29, 0.717) is 0 Å². The SMILES string of the molecule is C(#Cc1ccc(-c2cccc(-c3ccc(-c4ccccc4-c4cc(-c5ccccc5-c5ccc(-c6ccccc6)nc5)cc(-c5ccccc5-c5ccc(-c6ccccc6)nc5)c4)cn3)c2)cc1)c1ccccc1. The smallest absolute Gasteiger partial charge is 0.0702 e. The Morgan fingerprint density at radius 3 is 0.878 bits per heavy atom. The summed E-state index contributed by atoms with van der Waals surface area (Å²) in [6.45, 7) is 0. The van der Waals surface area contributed by atoms with Crippen LogP contribution in [0.4, 0.5) is 0 Å². The van der Waals surface area contributed by atoms with Gasteiger partial charge in [0.25, 0.3) is 0 Å². The minimum Gasteiger partial charge on any atom is -0.256 e. The van der Waals surface area contributed by atoms with E-state index in [9.17, 15) is 0 Å². The highest BCUT2D eigenvalue weighted by molar-refractivity contribution is 5.94. The monoisotopic (exact) mass is 941 g/mol. The van der Waals surface area contributed by atoms with Crippen molar-refractivity contribution in [3.63, 3.8) is 0 Å². The maximum Gasteiger partial charge on any atom is 0.0702 e. The maximum atomic E-state index is 5.10. The van der Waals surface area contributed by atoms with Crippen LogP contribution in [-0.4, -0.2) is 15.0 Å². The Hall–Kier alpha value is -10.0. The van der Waals surface area contributed by atoms with Crippen LogP contribution in [0.1, 0.15) is 11.1 Å². The molecule has 0 aliphatic rings. The molecule has 12 aromatic rings. The molecule has 0 spiro atoms. The van der Waals surface area contributed by atoms with Crippen LogP contribution in [0, 0.1) is 11.8 Å². The van der Waals surface area contributed by atoms with Crippen molar-refractivity contribution in [3.05, 3.63) is 297 Å². The lowest BCUT2D eigenvalue weighted by atomic mass is 9.86. The van der Waals surface area contributed by atoms with E-state index < -0.39 is 0 Å². The number of benzene rings is 9. The number of pyridine rings is 3. The Bertz CT molecular complexity index is 3800. The number of hydrogen-bond donors (Lipinski definition) is 0. The maximum absolute atomic E-state index is 5.10. The third-order valence-corrected chi connectivity index (χ3v) is 13.5. The third-order valence-electron chi connectivity index (χ3n) is 13.5. The molecule has 3 heterocycles. The van der Waals surface area contributed by atoms with Crippen molar-refractivity contribution in [2.75, 3.05) is 0 Å². The van der Waals surface area contributed by atoms with E-state index in [1.54, 1.807) is 0 Å². The fraction of sp³-hybridized carbons (Fsp3) is 0. The number of nitrogens with zero attached hydrogens (tertiary/aromatic N) is 3. The van der Waals surface area contributed by atoms with Crippen LogP contribution < -0.4 is 0 Å². The van der Waals surface area contributed by atoms with E-state index in [0.717, 1.165) is 123 Å². The zero-order chi connectivity index (χ0) is 49.5. The predicted octanol–water partition coefficient (Wildman–Crippen LogP) is 17.9. The summed E-state index contributed by atoms with van der Waals surface area (Å²) in [5, 5.41) is 0. The summed E-state index contributed by atoms with van der Waals surface area (Å²) in [6, 6.07) is 93.7. The van der Waals surface area contributed by atoms with E-state index >= 15 is 0 Å². The van der Waals surface area contributed by atoms with Gasteiger partial charge < -0.3 is 0 Å². The fourth-order valence-corrected chi connectivity index (χ4v) is 9.71. The van der Waals surface area contributed by atoms with Gasteiger partial charge in [-0.2, -0.15) is 0 Å². The lowest BCUT2D eigenvalue weighted by Gasteiger charge is -2.18. The molecule has 12 rings (SSSR count). The first-order valence-electron chi connectivity index (χ1n) is 24.9. The van der Waals surface area contributed by atoms with Crippen molar-refractivity contribution < 1.29 is 0 Å². The highest BCUT2D eigenvalue weighted by Crippen LogP contribution is 2.42. The van der Waals surface area contributed by atoms with Gasteiger partial charge in [-0.15, -0.1) is 0 Å². The van der Waals surface area contributed by atoms with Crippen LogP contribution in [0.2, 0.25) is 0 Å². The first-order chi connectivity index (χ1) is 36.7. The number of hydrogen-bond acceptors (Lipinski definition) is 3. The van der Waals surface area contributed by atoms with Crippen molar-refractivity contribution in [2.24, 2.45) is 0 Å². The lowest BCUT2D eigenvalue weighted by molar-refractivity contribution is 1.32. The topological polar surface area (TPSA) is 38.7 Å². The number of aromatic nitrogens is 3. The molecule has 0 radical (unpaired) electrons. The zero-order valence-electron chi connectivity index (χ0n) is 40.5. The molecule has 3 heteroatoms. The minimum absolute atomic E-state index is 0.911. The van der Waals surface area contributed by atoms with Crippen LogP contribution in [0.15, 0.2) is 286 Å². The molecule has 0 bridgehead atoms.